The number of methoxy groups -OCH3 is 1. The smallest absolute Gasteiger partial charge is 0.255 e. The van der Waals surface area contributed by atoms with Crippen LogP contribution in [0.5, 0.6) is 5.75 Å². The Labute approximate surface area is 111 Å². The number of carbonyl (C=O) groups is 1. The molecule has 0 radical (unpaired) electrons. The molecule has 0 unspecified atom stereocenters. The van der Waals surface area contributed by atoms with Gasteiger partial charge in [-0.2, -0.15) is 0 Å². The second kappa shape index (κ2) is 5.59. The minimum absolute atomic E-state index is 0.0884. The molecular weight excluding hydrogens is 254 g/mol. The molecule has 1 aliphatic rings. The average Bonchev–Trinajstić information content (AvgIpc) is 2.38. The fourth-order valence-electron chi connectivity index (χ4n) is 2.04. The maximum Gasteiger partial charge on any atom is 0.255 e. The molecular formula is C13H16ClNO3. The SMILES string of the molecule is COc1ccc(C(=O)N2CCC(O)CC2)c(Cl)c1. The molecule has 0 spiro atoms. The van der Waals surface area contributed by atoms with Crippen LogP contribution in [-0.2, 0) is 0 Å². The molecule has 1 amide bonds. The van der Waals surface area contributed by atoms with Crippen LogP contribution in [0.1, 0.15) is 23.2 Å². The van der Waals surface area contributed by atoms with E-state index in [2.05, 4.69) is 0 Å². The van der Waals surface area contributed by atoms with E-state index in [1.807, 2.05) is 0 Å². The number of hydrogen-bond acceptors (Lipinski definition) is 3. The van der Waals surface area contributed by atoms with Gasteiger partial charge in [0, 0.05) is 13.1 Å². The molecule has 1 N–H and O–H groups in total. The number of ether oxygens (including phenoxy) is 1. The molecule has 1 aromatic rings. The van der Waals surface area contributed by atoms with Crippen molar-refractivity contribution < 1.29 is 14.6 Å². The number of halogens is 1. The first kappa shape index (κ1) is 13.2. The van der Waals surface area contributed by atoms with Crippen LogP contribution in [0.15, 0.2) is 18.2 Å². The van der Waals surface area contributed by atoms with Crippen molar-refractivity contribution >= 4 is 17.5 Å². The number of benzene rings is 1. The topological polar surface area (TPSA) is 49.8 Å². The molecule has 0 bridgehead atoms. The third-order valence-corrected chi connectivity index (χ3v) is 3.47. The third kappa shape index (κ3) is 2.76. The van der Waals surface area contributed by atoms with Crippen molar-refractivity contribution in [1.29, 1.82) is 0 Å². The van der Waals surface area contributed by atoms with Gasteiger partial charge < -0.3 is 14.7 Å². The highest BCUT2D eigenvalue weighted by molar-refractivity contribution is 6.34. The van der Waals surface area contributed by atoms with Crippen molar-refractivity contribution in [3.63, 3.8) is 0 Å². The molecule has 18 heavy (non-hydrogen) atoms. The third-order valence-electron chi connectivity index (χ3n) is 3.16. The van der Waals surface area contributed by atoms with Gasteiger partial charge in [0.2, 0.25) is 0 Å². The summed E-state index contributed by atoms with van der Waals surface area (Å²) in [7, 11) is 1.55. The number of aliphatic hydroxyl groups is 1. The van der Waals surface area contributed by atoms with Crippen LogP contribution >= 0.6 is 11.6 Å². The highest BCUT2D eigenvalue weighted by Crippen LogP contribution is 2.24. The molecule has 0 saturated carbocycles. The summed E-state index contributed by atoms with van der Waals surface area (Å²) in [6.07, 6.45) is 0.958. The van der Waals surface area contributed by atoms with Crippen molar-refractivity contribution in [2.45, 2.75) is 18.9 Å². The average molecular weight is 270 g/mol. The van der Waals surface area contributed by atoms with Crippen molar-refractivity contribution in [3.05, 3.63) is 28.8 Å². The van der Waals surface area contributed by atoms with Crippen molar-refractivity contribution in [2.24, 2.45) is 0 Å². The monoisotopic (exact) mass is 269 g/mol. The van der Waals surface area contributed by atoms with E-state index < -0.39 is 0 Å². The van der Waals surface area contributed by atoms with Gasteiger partial charge in [0.1, 0.15) is 5.75 Å². The van der Waals surface area contributed by atoms with E-state index in [1.165, 1.54) is 0 Å². The molecule has 0 aromatic heterocycles. The number of piperidine rings is 1. The zero-order valence-corrected chi connectivity index (χ0v) is 11.0. The Hall–Kier alpha value is -1.26. The minimum atomic E-state index is -0.291. The summed E-state index contributed by atoms with van der Waals surface area (Å²) in [5.74, 6) is 0.542. The molecule has 4 nitrogen and oxygen atoms in total. The number of likely N-dealkylation sites (tertiary alicyclic amines) is 1. The van der Waals surface area contributed by atoms with E-state index in [4.69, 9.17) is 16.3 Å². The number of rotatable bonds is 2. The molecule has 0 aliphatic carbocycles. The summed E-state index contributed by atoms with van der Waals surface area (Å²) in [6, 6.07) is 5.03. The van der Waals surface area contributed by atoms with Crippen LogP contribution in [0.4, 0.5) is 0 Å². The summed E-state index contributed by atoms with van der Waals surface area (Å²) >= 11 is 6.07. The molecule has 0 atom stereocenters. The molecule has 98 valence electrons. The first-order valence-electron chi connectivity index (χ1n) is 5.92. The standard InChI is InChI=1S/C13H16ClNO3/c1-18-10-2-3-11(12(14)8-10)13(17)15-6-4-9(16)5-7-15/h2-3,8-9,16H,4-7H2,1H3. The Morgan fingerprint density at radius 3 is 2.67 bits per heavy atom. The fourth-order valence-corrected chi connectivity index (χ4v) is 2.29. The van der Waals surface area contributed by atoms with Crippen molar-refractivity contribution in [1.82, 2.24) is 4.90 Å². The first-order valence-corrected chi connectivity index (χ1v) is 6.30. The molecule has 1 fully saturated rings. The van der Waals surface area contributed by atoms with Crippen molar-refractivity contribution in [3.8, 4) is 5.75 Å². The zero-order chi connectivity index (χ0) is 13.1. The van der Waals surface area contributed by atoms with Gasteiger partial charge in [0.15, 0.2) is 0 Å². The molecule has 1 heterocycles. The Bertz CT molecular complexity index is 442. The highest BCUT2D eigenvalue weighted by atomic mass is 35.5. The van der Waals surface area contributed by atoms with E-state index in [1.54, 1.807) is 30.2 Å². The van der Waals surface area contributed by atoms with Gasteiger partial charge >= 0.3 is 0 Å². The molecule has 5 heteroatoms. The fraction of sp³-hybridized carbons (Fsp3) is 0.462. The summed E-state index contributed by atoms with van der Waals surface area (Å²) < 4.78 is 5.05. The zero-order valence-electron chi connectivity index (χ0n) is 10.2. The lowest BCUT2D eigenvalue weighted by Gasteiger charge is -2.29. The van der Waals surface area contributed by atoms with Gasteiger partial charge in [0.25, 0.3) is 5.91 Å². The predicted molar refractivity (Wildman–Crippen MR) is 69.1 cm³/mol. The van der Waals surface area contributed by atoms with Crippen LogP contribution in [0.3, 0.4) is 0 Å². The van der Waals surface area contributed by atoms with Gasteiger partial charge in [-0.15, -0.1) is 0 Å². The van der Waals surface area contributed by atoms with Crippen LogP contribution in [0, 0.1) is 0 Å². The molecule has 1 saturated heterocycles. The maximum absolute atomic E-state index is 12.2. The Morgan fingerprint density at radius 2 is 2.11 bits per heavy atom. The van der Waals surface area contributed by atoms with Crippen molar-refractivity contribution in [2.75, 3.05) is 20.2 Å². The number of nitrogens with zero attached hydrogens (tertiary/aromatic N) is 1. The Morgan fingerprint density at radius 1 is 1.44 bits per heavy atom. The number of aliphatic hydroxyl groups excluding tert-OH is 1. The molecule has 2 rings (SSSR count). The van der Waals surface area contributed by atoms with Crippen LogP contribution in [0.2, 0.25) is 5.02 Å². The maximum atomic E-state index is 12.2. The van der Waals surface area contributed by atoms with Gasteiger partial charge in [-0.25, -0.2) is 0 Å². The summed E-state index contributed by atoms with van der Waals surface area (Å²) in [6.45, 7) is 1.14. The number of hydrogen-bond donors (Lipinski definition) is 1. The summed E-state index contributed by atoms with van der Waals surface area (Å²) in [5.41, 5.74) is 0.480. The lowest BCUT2D eigenvalue weighted by molar-refractivity contribution is 0.0546. The second-order valence-electron chi connectivity index (χ2n) is 4.37. The quantitative estimate of drug-likeness (QED) is 0.893. The van der Waals surface area contributed by atoms with Gasteiger partial charge in [0.05, 0.1) is 23.8 Å². The summed E-state index contributed by atoms with van der Waals surface area (Å²) in [5, 5.41) is 9.82. The van der Waals surface area contributed by atoms with Gasteiger partial charge in [-0.05, 0) is 31.0 Å². The number of amides is 1. The van der Waals surface area contributed by atoms with Crippen LogP contribution < -0.4 is 4.74 Å². The summed E-state index contributed by atoms with van der Waals surface area (Å²) in [4.78, 5) is 14.0. The van der Waals surface area contributed by atoms with E-state index >= 15 is 0 Å². The highest BCUT2D eigenvalue weighted by Gasteiger charge is 2.23. The first-order chi connectivity index (χ1) is 8.61. The lowest BCUT2D eigenvalue weighted by Crippen LogP contribution is -2.40. The molecule has 1 aliphatic heterocycles. The van der Waals surface area contributed by atoms with E-state index in [-0.39, 0.29) is 12.0 Å². The Kier molecular flexibility index (Phi) is 4.09. The number of carbonyl (C=O) groups excluding carboxylic acids is 1. The van der Waals surface area contributed by atoms with Crippen LogP contribution in [0.25, 0.3) is 0 Å². The minimum Gasteiger partial charge on any atom is -0.497 e. The predicted octanol–water partition coefficient (Wildman–Crippen LogP) is 1.95. The Balaban J connectivity index is 2.13. The largest absolute Gasteiger partial charge is 0.497 e. The van der Waals surface area contributed by atoms with Crippen LogP contribution in [-0.4, -0.2) is 42.2 Å². The molecule has 1 aromatic carbocycles. The normalized spacial score (nSPS) is 16.7. The van der Waals surface area contributed by atoms with E-state index in [0.29, 0.717) is 42.3 Å². The lowest BCUT2D eigenvalue weighted by atomic mass is 10.1. The van der Waals surface area contributed by atoms with E-state index in [9.17, 15) is 9.90 Å². The van der Waals surface area contributed by atoms with Gasteiger partial charge in [-0.1, -0.05) is 11.6 Å². The van der Waals surface area contributed by atoms with E-state index in [0.717, 1.165) is 0 Å². The van der Waals surface area contributed by atoms with Gasteiger partial charge in [-0.3, -0.25) is 4.79 Å². The second-order valence-corrected chi connectivity index (χ2v) is 4.78.